The summed E-state index contributed by atoms with van der Waals surface area (Å²) in [6.45, 7) is 1.30. The second-order valence-electron chi connectivity index (χ2n) is 4.68. The molecule has 2 rings (SSSR count). The van der Waals surface area contributed by atoms with Gasteiger partial charge in [0.05, 0.1) is 6.20 Å². The minimum absolute atomic E-state index is 0.0224. The Bertz CT molecular complexity index is 562. The zero-order chi connectivity index (χ0) is 14.6. The molecule has 112 valence electrons. The van der Waals surface area contributed by atoms with Crippen molar-refractivity contribution in [1.82, 2.24) is 14.5 Å². The van der Waals surface area contributed by atoms with Gasteiger partial charge in [-0.05, 0) is 18.8 Å². The highest BCUT2D eigenvalue weighted by molar-refractivity contribution is 7.89. The standard InChI is InChI=1S/C11H17N3O5S/c15-11(16)8-14-7-10(6-12-14)20(17,18)13-5-9-1-3-19-4-2-9/h6-7,9,13H,1-5,8H2,(H,15,16). The van der Waals surface area contributed by atoms with E-state index in [9.17, 15) is 13.2 Å². The molecule has 2 N–H and O–H groups in total. The fourth-order valence-corrected chi connectivity index (χ4v) is 3.04. The lowest BCUT2D eigenvalue weighted by molar-refractivity contribution is -0.137. The molecule has 1 aromatic heterocycles. The summed E-state index contributed by atoms with van der Waals surface area (Å²) in [5.74, 6) is -0.806. The predicted molar refractivity (Wildman–Crippen MR) is 68.6 cm³/mol. The third kappa shape index (κ3) is 4.02. The monoisotopic (exact) mass is 303 g/mol. The van der Waals surface area contributed by atoms with Crippen molar-refractivity contribution in [3.8, 4) is 0 Å². The number of sulfonamides is 1. The lowest BCUT2D eigenvalue weighted by atomic mass is 10.0. The molecule has 8 nitrogen and oxygen atoms in total. The zero-order valence-corrected chi connectivity index (χ0v) is 11.7. The summed E-state index contributed by atoms with van der Waals surface area (Å²) in [4.78, 5) is 10.5. The van der Waals surface area contributed by atoms with Crippen molar-refractivity contribution in [3.63, 3.8) is 0 Å². The number of nitrogens with zero attached hydrogens (tertiary/aromatic N) is 2. The van der Waals surface area contributed by atoms with Crippen LogP contribution in [0.2, 0.25) is 0 Å². The van der Waals surface area contributed by atoms with E-state index >= 15 is 0 Å². The van der Waals surface area contributed by atoms with Crippen molar-refractivity contribution in [1.29, 1.82) is 0 Å². The van der Waals surface area contributed by atoms with Crippen molar-refractivity contribution in [3.05, 3.63) is 12.4 Å². The average Bonchev–Trinajstić information content (AvgIpc) is 2.86. The van der Waals surface area contributed by atoms with E-state index in [-0.39, 0.29) is 17.4 Å². The van der Waals surface area contributed by atoms with Crippen LogP contribution in [0.15, 0.2) is 17.3 Å². The molecule has 1 fully saturated rings. The van der Waals surface area contributed by atoms with Gasteiger partial charge in [-0.3, -0.25) is 9.48 Å². The van der Waals surface area contributed by atoms with E-state index in [1.807, 2.05) is 0 Å². The molecule has 0 aliphatic carbocycles. The topological polar surface area (TPSA) is 111 Å². The number of nitrogens with one attached hydrogen (secondary N) is 1. The summed E-state index contributed by atoms with van der Waals surface area (Å²) in [5.41, 5.74) is 0. The van der Waals surface area contributed by atoms with Crippen molar-refractivity contribution in [2.75, 3.05) is 19.8 Å². The molecule has 1 saturated heterocycles. The maximum Gasteiger partial charge on any atom is 0.325 e. The van der Waals surface area contributed by atoms with Crippen LogP contribution >= 0.6 is 0 Å². The number of carboxylic acids is 1. The normalized spacial score (nSPS) is 17.2. The minimum atomic E-state index is -3.64. The first-order valence-electron chi connectivity index (χ1n) is 6.29. The molecule has 9 heteroatoms. The molecule has 0 atom stereocenters. The van der Waals surface area contributed by atoms with Crippen LogP contribution in [0, 0.1) is 5.92 Å². The van der Waals surface area contributed by atoms with Crippen LogP contribution < -0.4 is 4.72 Å². The van der Waals surface area contributed by atoms with Crippen molar-refractivity contribution < 1.29 is 23.1 Å². The maximum atomic E-state index is 12.0. The number of carboxylic acid groups (broad SMARTS) is 1. The summed E-state index contributed by atoms with van der Waals surface area (Å²) in [6, 6.07) is 0. The van der Waals surface area contributed by atoms with Crippen molar-refractivity contribution in [2.45, 2.75) is 24.3 Å². The molecule has 0 spiro atoms. The Morgan fingerprint density at radius 2 is 2.20 bits per heavy atom. The highest BCUT2D eigenvalue weighted by Crippen LogP contribution is 2.15. The third-order valence-electron chi connectivity index (χ3n) is 3.12. The zero-order valence-electron chi connectivity index (χ0n) is 10.9. The second kappa shape index (κ2) is 6.33. The van der Waals surface area contributed by atoms with Gasteiger partial charge in [0.25, 0.3) is 0 Å². The number of hydrogen-bond acceptors (Lipinski definition) is 5. The van der Waals surface area contributed by atoms with E-state index in [1.54, 1.807) is 0 Å². The second-order valence-corrected chi connectivity index (χ2v) is 6.44. The molecule has 0 unspecified atom stereocenters. The predicted octanol–water partition coefficient (Wildman–Crippen LogP) is -0.327. The highest BCUT2D eigenvalue weighted by Gasteiger charge is 2.20. The van der Waals surface area contributed by atoms with Gasteiger partial charge >= 0.3 is 5.97 Å². The Balaban J connectivity index is 1.95. The lowest BCUT2D eigenvalue weighted by Crippen LogP contribution is -2.32. The van der Waals surface area contributed by atoms with E-state index in [1.165, 1.54) is 6.20 Å². The van der Waals surface area contributed by atoms with Gasteiger partial charge in [-0.1, -0.05) is 0 Å². The van der Waals surface area contributed by atoms with Gasteiger partial charge in [0.1, 0.15) is 11.4 Å². The van der Waals surface area contributed by atoms with E-state index < -0.39 is 16.0 Å². The van der Waals surface area contributed by atoms with Gasteiger partial charge in [-0.25, -0.2) is 13.1 Å². The summed E-state index contributed by atoms with van der Waals surface area (Å²) in [6.07, 6.45) is 4.03. The van der Waals surface area contributed by atoms with Gasteiger partial charge in [0, 0.05) is 26.0 Å². The summed E-state index contributed by atoms with van der Waals surface area (Å²) in [5, 5.41) is 12.3. The van der Waals surface area contributed by atoms with E-state index in [0.29, 0.717) is 19.8 Å². The van der Waals surface area contributed by atoms with Gasteiger partial charge in [0.2, 0.25) is 10.0 Å². The molecule has 1 aliphatic rings. The van der Waals surface area contributed by atoms with Crippen LogP contribution in [-0.2, 0) is 26.1 Å². The summed E-state index contributed by atoms with van der Waals surface area (Å²) in [7, 11) is -3.64. The summed E-state index contributed by atoms with van der Waals surface area (Å²) < 4.78 is 32.9. The molecular formula is C11H17N3O5S. The molecule has 0 amide bonds. The molecule has 0 bridgehead atoms. The van der Waals surface area contributed by atoms with Gasteiger partial charge < -0.3 is 9.84 Å². The Morgan fingerprint density at radius 1 is 1.50 bits per heavy atom. The number of aliphatic carboxylic acids is 1. The molecule has 0 aromatic carbocycles. The molecule has 2 heterocycles. The fraction of sp³-hybridized carbons (Fsp3) is 0.636. The largest absolute Gasteiger partial charge is 0.480 e. The van der Waals surface area contributed by atoms with E-state index in [2.05, 4.69) is 9.82 Å². The highest BCUT2D eigenvalue weighted by atomic mass is 32.2. The van der Waals surface area contributed by atoms with Crippen molar-refractivity contribution in [2.24, 2.45) is 5.92 Å². The molecule has 20 heavy (non-hydrogen) atoms. The average molecular weight is 303 g/mol. The number of rotatable bonds is 6. The number of hydrogen-bond donors (Lipinski definition) is 2. The Morgan fingerprint density at radius 3 is 2.85 bits per heavy atom. The third-order valence-corrected chi connectivity index (χ3v) is 4.50. The molecule has 0 saturated carbocycles. The van der Waals surface area contributed by atoms with Crippen LogP contribution in [0.4, 0.5) is 0 Å². The summed E-state index contributed by atoms with van der Waals surface area (Å²) >= 11 is 0. The van der Waals surface area contributed by atoms with Crippen LogP contribution in [-0.4, -0.2) is 49.0 Å². The quantitative estimate of drug-likeness (QED) is 0.744. The first kappa shape index (κ1) is 14.9. The van der Waals surface area contributed by atoms with Gasteiger partial charge in [0.15, 0.2) is 0 Å². The van der Waals surface area contributed by atoms with Crippen molar-refractivity contribution >= 4 is 16.0 Å². The van der Waals surface area contributed by atoms with E-state index in [4.69, 9.17) is 9.84 Å². The lowest BCUT2D eigenvalue weighted by Gasteiger charge is -2.21. The number of carbonyl (C=O) groups is 1. The maximum absolute atomic E-state index is 12.0. The first-order chi connectivity index (χ1) is 9.47. The van der Waals surface area contributed by atoms with Crippen LogP contribution in [0.5, 0.6) is 0 Å². The minimum Gasteiger partial charge on any atom is -0.480 e. The number of ether oxygens (including phenoxy) is 1. The molecule has 1 aliphatic heterocycles. The number of aromatic nitrogens is 2. The van der Waals surface area contributed by atoms with Crippen LogP contribution in [0.25, 0.3) is 0 Å². The van der Waals surface area contributed by atoms with Crippen LogP contribution in [0.1, 0.15) is 12.8 Å². The Labute approximate surface area is 116 Å². The fourth-order valence-electron chi connectivity index (χ4n) is 1.97. The first-order valence-corrected chi connectivity index (χ1v) is 7.77. The smallest absolute Gasteiger partial charge is 0.325 e. The van der Waals surface area contributed by atoms with E-state index in [0.717, 1.165) is 23.7 Å². The van der Waals surface area contributed by atoms with Crippen LogP contribution in [0.3, 0.4) is 0 Å². The van der Waals surface area contributed by atoms with Gasteiger partial charge in [-0.2, -0.15) is 5.10 Å². The van der Waals surface area contributed by atoms with Gasteiger partial charge in [-0.15, -0.1) is 0 Å². The Hall–Kier alpha value is -1.45. The SMILES string of the molecule is O=C(O)Cn1cc(S(=O)(=O)NCC2CCOCC2)cn1. The molecule has 1 aromatic rings. The molecule has 0 radical (unpaired) electrons. The molecular weight excluding hydrogens is 286 g/mol. The Kier molecular flexibility index (Phi) is 4.73.